The summed E-state index contributed by atoms with van der Waals surface area (Å²) < 4.78 is 46.2. The van der Waals surface area contributed by atoms with Gasteiger partial charge < -0.3 is 19.1 Å². The molecule has 3 heterocycles. The average molecular weight is 919 g/mol. The number of carbonyl (C=O) groups is 4. The third kappa shape index (κ3) is 10.4. The number of unbranched alkanes of at least 4 members (excludes halogenated alkanes) is 3. The first-order chi connectivity index (χ1) is 30.1. The van der Waals surface area contributed by atoms with E-state index in [-0.39, 0.29) is 37.6 Å². The van der Waals surface area contributed by atoms with Gasteiger partial charge >= 0.3 is 5.97 Å². The molecule has 6 rings (SSSR count). The number of aryl methyl sites for hydroxylation is 1. The summed E-state index contributed by atoms with van der Waals surface area (Å²) in [6, 6.07) is 4.51. The van der Waals surface area contributed by atoms with Crippen LogP contribution in [0, 0.1) is 30.1 Å². The molecule has 13 nitrogen and oxygen atoms in total. The molecular weight excluding hydrogens is 853 g/mol. The molecule has 1 N–H and O–H groups in total. The highest BCUT2D eigenvalue weighted by atomic mass is 32.2. The summed E-state index contributed by atoms with van der Waals surface area (Å²) in [5.41, 5.74) is 0.873. The van der Waals surface area contributed by atoms with Crippen molar-refractivity contribution < 1.29 is 41.8 Å². The van der Waals surface area contributed by atoms with Gasteiger partial charge in [-0.1, -0.05) is 45.8 Å². The van der Waals surface area contributed by atoms with Gasteiger partial charge in [0, 0.05) is 40.7 Å². The number of carbonyl (C=O) groups excluding carboxylic acids is 4. The highest BCUT2D eigenvalue weighted by Gasteiger charge is 2.63. The molecule has 0 spiro atoms. The van der Waals surface area contributed by atoms with Gasteiger partial charge in [0.1, 0.15) is 33.9 Å². The zero-order valence-electron chi connectivity index (χ0n) is 39.0. The second-order valence-corrected chi connectivity index (χ2v) is 22.7. The van der Waals surface area contributed by atoms with Crippen LogP contribution in [-0.4, -0.2) is 83.0 Å². The van der Waals surface area contributed by atoms with Crippen molar-refractivity contribution in [3.05, 3.63) is 60.1 Å². The minimum atomic E-state index is -3.99. The zero-order valence-corrected chi connectivity index (χ0v) is 40.6. The minimum Gasteiger partial charge on any atom is -0.496 e. The number of hydrogen-bond acceptors (Lipinski definition) is 12. The van der Waals surface area contributed by atoms with E-state index in [1.165, 1.54) is 16.2 Å². The fourth-order valence-corrected chi connectivity index (χ4v) is 11.1. The van der Waals surface area contributed by atoms with Gasteiger partial charge in [-0.3, -0.25) is 23.9 Å². The molecule has 2 aliphatic carbocycles. The Bertz CT molecular complexity index is 2400. The van der Waals surface area contributed by atoms with Crippen molar-refractivity contribution in [1.29, 1.82) is 0 Å². The van der Waals surface area contributed by atoms with Crippen molar-refractivity contribution >= 4 is 55.8 Å². The summed E-state index contributed by atoms with van der Waals surface area (Å²) in [5.74, 6) is -2.52. The first-order valence-electron chi connectivity index (χ1n) is 22.5. The van der Waals surface area contributed by atoms with E-state index in [1.807, 2.05) is 43.5 Å². The van der Waals surface area contributed by atoms with Gasteiger partial charge in [0.2, 0.25) is 21.8 Å². The number of nitrogens with zero attached hydrogens (tertiary/aromatic N) is 3. The van der Waals surface area contributed by atoms with Crippen molar-refractivity contribution in [3.63, 3.8) is 0 Å². The lowest BCUT2D eigenvalue weighted by Crippen LogP contribution is -2.48. The Morgan fingerprint density at radius 2 is 1.80 bits per heavy atom. The minimum absolute atomic E-state index is 0.0115. The third-order valence-electron chi connectivity index (χ3n) is 13.2. The number of fused-ring (bicyclic) bond motifs is 1. The SMILES string of the molecule is C=CCCCCC[C@H](CC(=O)OC(C)(C)C)C(=O)N1C[C@H](Oc2cc(-c3nc(C(C)C)cs3)nc3c(C)c(OC)ccc23)[C@H](C)[C@H]1C(=O)C[C@]1(C(=O)NS(=O)(=O)C2(C)CC2)C[C@H]1C=C. The van der Waals surface area contributed by atoms with Gasteiger partial charge in [-0.2, -0.15) is 0 Å². The first-order valence-corrected chi connectivity index (χ1v) is 24.9. The van der Waals surface area contributed by atoms with E-state index < -0.39 is 73.3 Å². The van der Waals surface area contributed by atoms with E-state index in [4.69, 9.17) is 24.2 Å². The molecule has 3 aromatic rings. The van der Waals surface area contributed by atoms with Crippen LogP contribution in [0.3, 0.4) is 0 Å². The maximum atomic E-state index is 15.1. The van der Waals surface area contributed by atoms with Crippen LogP contribution in [0.5, 0.6) is 11.5 Å². The molecule has 3 aliphatic rings. The Balaban J connectivity index is 1.39. The molecule has 64 heavy (non-hydrogen) atoms. The summed E-state index contributed by atoms with van der Waals surface area (Å²) >= 11 is 1.48. The summed E-state index contributed by atoms with van der Waals surface area (Å²) in [6.07, 6.45) is 6.92. The van der Waals surface area contributed by atoms with Crippen molar-refractivity contribution in [2.75, 3.05) is 13.7 Å². The van der Waals surface area contributed by atoms with Gasteiger partial charge in [0.25, 0.3) is 0 Å². The molecule has 1 saturated heterocycles. The van der Waals surface area contributed by atoms with E-state index in [0.717, 1.165) is 30.5 Å². The normalized spacial score (nSPS) is 23.1. The van der Waals surface area contributed by atoms with E-state index in [9.17, 15) is 18.0 Å². The molecule has 348 valence electrons. The van der Waals surface area contributed by atoms with Crippen molar-refractivity contribution in [2.45, 2.75) is 148 Å². The number of pyridine rings is 1. The number of rotatable bonds is 21. The van der Waals surface area contributed by atoms with Gasteiger partial charge in [-0.25, -0.2) is 18.4 Å². The lowest BCUT2D eigenvalue weighted by Gasteiger charge is -2.30. The number of thiazole rings is 1. The van der Waals surface area contributed by atoms with Crippen LogP contribution in [0.1, 0.15) is 130 Å². The zero-order chi connectivity index (χ0) is 46.9. The summed E-state index contributed by atoms with van der Waals surface area (Å²) in [5, 5.41) is 3.43. The van der Waals surface area contributed by atoms with Gasteiger partial charge in [-0.15, -0.1) is 24.5 Å². The lowest BCUT2D eigenvalue weighted by atomic mass is 9.87. The van der Waals surface area contributed by atoms with E-state index in [1.54, 1.807) is 40.9 Å². The maximum Gasteiger partial charge on any atom is 0.307 e. The second kappa shape index (κ2) is 19.1. The molecule has 0 unspecified atom stereocenters. The number of benzene rings is 1. The van der Waals surface area contributed by atoms with Crippen LogP contribution in [0.15, 0.2) is 48.9 Å². The van der Waals surface area contributed by atoms with Crippen LogP contribution >= 0.6 is 11.3 Å². The van der Waals surface area contributed by atoms with E-state index in [2.05, 4.69) is 31.7 Å². The predicted octanol–water partition coefficient (Wildman–Crippen LogP) is 9.03. The van der Waals surface area contributed by atoms with Crippen LogP contribution in [-0.2, 0) is 33.9 Å². The van der Waals surface area contributed by atoms with Crippen LogP contribution in [0.2, 0.25) is 0 Å². The van der Waals surface area contributed by atoms with Gasteiger partial charge in [-0.05, 0) is 97.1 Å². The first kappa shape index (κ1) is 48.8. The van der Waals surface area contributed by atoms with Crippen molar-refractivity contribution in [2.24, 2.45) is 23.2 Å². The Kier molecular flexibility index (Phi) is 14.5. The second-order valence-electron chi connectivity index (χ2n) is 19.6. The molecule has 1 aliphatic heterocycles. The van der Waals surface area contributed by atoms with E-state index in [0.29, 0.717) is 58.8 Å². The average Bonchev–Trinajstić information content (AvgIpc) is 4.04. The molecule has 2 aromatic heterocycles. The molecule has 2 amide bonds. The standard InChI is InChI=1S/C49H66N4O9S2/c1-12-14-15-16-17-18-32(23-41(55)62-47(7,8)9)45(56)53-27-40(31(6)43(53)37(54)26-49(25-33(49)13-2)46(57)52-64(58,59)48(10)21-22-48)61-39-24-35(44-51-36(28-63-44)29(3)4)50-42-30(5)38(60-11)20-19-34(39)42/h12-13,19-20,24,28-29,31-33,40,43H,1-2,14-18,21-23,25-27H2,3-11H3,(H,52,57)/t31-,32+,33+,40-,43-,49+/m0/s1. The largest absolute Gasteiger partial charge is 0.496 e. The number of esters is 1. The fourth-order valence-electron chi connectivity index (χ4n) is 8.82. The number of likely N-dealkylation sites (tertiary alicyclic amines) is 1. The quantitative estimate of drug-likeness (QED) is 0.0614. The molecule has 6 atom stereocenters. The predicted molar refractivity (Wildman–Crippen MR) is 250 cm³/mol. The maximum absolute atomic E-state index is 15.1. The number of aromatic nitrogens is 2. The topological polar surface area (TPSA) is 171 Å². The van der Waals surface area contributed by atoms with Crippen LogP contribution in [0.25, 0.3) is 21.6 Å². The van der Waals surface area contributed by atoms with Crippen LogP contribution in [0.4, 0.5) is 0 Å². The number of sulfonamides is 1. The molecule has 15 heteroatoms. The smallest absolute Gasteiger partial charge is 0.307 e. The molecule has 0 bridgehead atoms. The number of methoxy groups -OCH3 is 1. The number of hydrogen-bond donors (Lipinski definition) is 1. The lowest BCUT2D eigenvalue weighted by molar-refractivity contribution is -0.159. The van der Waals surface area contributed by atoms with Crippen molar-refractivity contribution in [1.82, 2.24) is 19.6 Å². The summed E-state index contributed by atoms with van der Waals surface area (Å²) in [7, 11) is -2.39. The summed E-state index contributed by atoms with van der Waals surface area (Å²) in [4.78, 5) is 68.9. The molecular formula is C49H66N4O9S2. The fraction of sp³-hybridized carbons (Fsp3) is 0.592. The molecule has 3 fully saturated rings. The third-order valence-corrected chi connectivity index (χ3v) is 16.3. The van der Waals surface area contributed by atoms with Gasteiger partial charge in [0.05, 0.1) is 47.5 Å². The van der Waals surface area contributed by atoms with E-state index >= 15 is 9.59 Å². The number of nitrogens with one attached hydrogen (secondary N) is 1. The Morgan fingerprint density at radius 1 is 1.08 bits per heavy atom. The van der Waals surface area contributed by atoms with Gasteiger partial charge in [0.15, 0.2) is 5.78 Å². The Morgan fingerprint density at radius 3 is 2.39 bits per heavy atom. The molecule has 2 saturated carbocycles. The molecule has 1 aromatic carbocycles. The van der Waals surface area contributed by atoms with Crippen LogP contribution < -0.4 is 14.2 Å². The number of allylic oxidation sites excluding steroid dienone is 2. The van der Waals surface area contributed by atoms with Crippen molar-refractivity contribution in [3.8, 4) is 22.2 Å². The monoisotopic (exact) mass is 918 g/mol. The number of ether oxygens (including phenoxy) is 3. The highest BCUT2D eigenvalue weighted by Crippen LogP contribution is 2.57. The summed E-state index contributed by atoms with van der Waals surface area (Å²) in [6.45, 7) is 22.6. The number of amides is 2. The Hall–Kier alpha value is -4.63. The Labute approximate surface area is 382 Å². The molecule has 0 radical (unpaired) electrons. The number of Topliss-reactive ketones (excluding diaryl/α,β-unsaturated/α-hetero) is 1. The number of ketones is 1. The highest BCUT2D eigenvalue weighted by molar-refractivity contribution is 7.91.